The number of rotatable bonds is 5. The van der Waals surface area contributed by atoms with Gasteiger partial charge in [0.2, 0.25) is 0 Å². The van der Waals surface area contributed by atoms with Crippen molar-refractivity contribution in [2.75, 3.05) is 19.1 Å². The molecule has 0 radical (unpaired) electrons. The average Bonchev–Trinajstić information content (AvgIpc) is 3.13. The van der Waals surface area contributed by atoms with Crippen LogP contribution in [0.2, 0.25) is 0 Å². The highest BCUT2D eigenvalue weighted by Gasteiger charge is 2.13. The minimum Gasteiger partial charge on any atom is -0.495 e. The van der Waals surface area contributed by atoms with Crippen molar-refractivity contribution in [3.8, 4) is 16.2 Å². The maximum Gasteiger partial charge on any atom is 0.259 e. The van der Waals surface area contributed by atoms with Crippen LogP contribution < -0.4 is 15.2 Å². The molecule has 4 aromatic rings. The van der Waals surface area contributed by atoms with Crippen LogP contribution in [0.25, 0.3) is 20.7 Å². The number of thiophene rings is 1. The predicted molar refractivity (Wildman–Crippen MR) is 111 cm³/mol. The summed E-state index contributed by atoms with van der Waals surface area (Å²) in [6.07, 6.45) is 0. The van der Waals surface area contributed by atoms with Crippen LogP contribution in [-0.2, 0) is 6.54 Å². The quantitative estimate of drug-likeness (QED) is 0.563. The first-order valence-electron chi connectivity index (χ1n) is 8.58. The molecule has 0 unspecified atom stereocenters. The van der Waals surface area contributed by atoms with Crippen molar-refractivity contribution in [1.29, 1.82) is 0 Å². The van der Waals surface area contributed by atoms with Gasteiger partial charge in [-0.1, -0.05) is 42.5 Å². The van der Waals surface area contributed by atoms with Gasteiger partial charge in [0.1, 0.15) is 16.4 Å². The highest BCUT2D eigenvalue weighted by molar-refractivity contribution is 7.21. The van der Waals surface area contributed by atoms with Gasteiger partial charge in [-0.3, -0.25) is 4.79 Å². The molecule has 0 bridgehead atoms. The van der Waals surface area contributed by atoms with E-state index in [0.29, 0.717) is 17.8 Å². The molecule has 0 saturated heterocycles. The first-order chi connectivity index (χ1) is 13.2. The van der Waals surface area contributed by atoms with E-state index in [1.54, 1.807) is 7.11 Å². The summed E-state index contributed by atoms with van der Waals surface area (Å²) in [5.41, 5.74) is 1.92. The number of anilines is 1. The van der Waals surface area contributed by atoms with Gasteiger partial charge in [0, 0.05) is 11.9 Å². The third-order valence-electron chi connectivity index (χ3n) is 4.39. The van der Waals surface area contributed by atoms with Gasteiger partial charge < -0.3 is 14.6 Å². The molecule has 5 nitrogen and oxygen atoms in total. The number of benzene rings is 2. The van der Waals surface area contributed by atoms with Gasteiger partial charge in [-0.2, -0.15) is 0 Å². The minimum absolute atomic E-state index is 0.109. The Bertz CT molecular complexity index is 1140. The zero-order valence-corrected chi connectivity index (χ0v) is 15.9. The van der Waals surface area contributed by atoms with Crippen molar-refractivity contribution >= 4 is 27.2 Å². The van der Waals surface area contributed by atoms with Crippen LogP contribution in [0.4, 0.5) is 5.69 Å². The van der Waals surface area contributed by atoms with E-state index in [-0.39, 0.29) is 5.56 Å². The first kappa shape index (κ1) is 17.3. The summed E-state index contributed by atoms with van der Waals surface area (Å²) in [7, 11) is 3.60. The predicted octanol–water partition coefficient (Wildman–Crippen LogP) is 4.30. The highest BCUT2D eigenvalue weighted by atomic mass is 32.1. The lowest BCUT2D eigenvalue weighted by molar-refractivity contribution is 0.414. The number of aromatic amines is 1. The van der Waals surface area contributed by atoms with Crippen molar-refractivity contribution in [2.24, 2.45) is 0 Å². The minimum atomic E-state index is -0.109. The summed E-state index contributed by atoms with van der Waals surface area (Å²) in [6, 6.07) is 19.7. The van der Waals surface area contributed by atoms with Crippen LogP contribution >= 0.6 is 11.3 Å². The Kier molecular flexibility index (Phi) is 4.64. The highest BCUT2D eigenvalue weighted by Crippen LogP contribution is 2.31. The smallest absolute Gasteiger partial charge is 0.259 e. The van der Waals surface area contributed by atoms with Crippen LogP contribution in [0.3, 0.4) is 0 Å². The second-order valence-electron chi connectivity index (χ2n) is 6.24. The largest absolute Gasteiger partial charge is 0.495 e. The number of ether oxygens (including phenoxy) is 1. The summed E-state index contributed by atoms with van der Waals surface area (Å²) in [4.78, 5) is 23.9. The van der Waals surface area contributed by atoms with Gasteiger partial charge in [0.25, 0.3) is 5.56 Å². The molecule has 0 aliphatic rings. The standard InChI is InChI=1S/C21H19N3O2S/c1-24(16-10-6-7-11-17(16)26-2)13-19-22-20(25)15-12-18(27-21(15)23-19)14-8-4-3-5-9-14/h3-12H,13H2,1-2H3,(H,22,23,25). The van der Waals surface area contributed by atoms with E-state index in [2.05, 4.69) is 9.97 Å². The Morgan fingerprint density at radius 2 is 1.85 bits per heavy atom. The van der Waals surface area contributed by atoms with E-state index in [1.807, 2.05) is 72.6 Å². The number of methoxy groups -OCH3 is 1. The molecule has 136 valence electrons. The Labute approximate surface area is 160 Å². The number of nitrogens with one attached hydrogen (secondary N) is 1. The van der Waals surface area contributed by atoms with Crippen molar-refractivity contribution in [2.45, 2.75) is 6.54 Å². The molecule has 0 fully saturated rings. The van der Waals surface area contributed by atoms with Crippen LogP contribution in [0.5, 0.6) is 5.75 Å². The number of para-hydroxylation sites is 2. The molecule has 0 aliphatic carbocycles. The van der Waals surface area contributed by atoms with Crippen LogP contribution in [0, 0.1) is 0 Å². The third-order valence-corrected chi connectivity index (χ3v) is 5.47. The molecule has 4 rings (SSSR count). The fourth-order valence-electron chi connectivity index (χ4n) is 3.05. The number of H-pyrrole nitrogens is 1. The molecule has 2 aromatic heterocycles. The zero-order valence-electron chi connectivity index (χ0n) is 15.1. The van der Waals surface area contributed by atoms with Gasteiger partial charge in [0.05, 0.1) is 24.7 Å². The Morgan fingerprint density at radius 3 is 2.63 bits per heavy atom. The van der Waals surface area contributed by atoms with Gasteiger partial charge >= 0.3 is 0 Å². The van der Waals surface area contributed by atoms with Gasteiger partial charge in [0.15, 0.2) is 0 Å². The molecule has 2 aromatic carbocycles. The molecular weight excluding hydrogens is 358 g/mol. The van der Waals surface area contributed by atoms with E-state index in [0.717, 1.165) is 26.7 Å². The first-order valence-corrected chi connectivity index (χ1v) is 9.39. The van der Waals surface area contributed by atoms with Crippen molar-refractivity contribution in [3.63, 3.8) is 0 Å². The molecule has 0 atom stereocenters. The summed E-state index contributed by atoms with van der Waals surface area (Å²) in [6.45, 7) is 0.476. The van der Waals surface area contributed by atoms with Gasteiger partial charge in [-0.05, 0) is 23.8 Å². The number of nitrogens with zero attached hydrogens (tertiary/aromatic N) is 2. The maximum absolute atomic E-state index is 12.6. The Balaban J connectivity index is 1.68. The fourth-order valence-corrected chi connectivity index (χ4v) is 4.11. The Morgan fingerprint density at radius 1 is 1.11 bits per heavy atom. The van der Waals surface area contributed by atoms with Gasteiger partial charge in [-0.25, -0.2) is 4.98 Å². The molecular formula is C21H19N3O2S. The molecule has 6 heteroatoms. The molecule has 0 amide bonds. The molecule has 0 saturated carbocycles. The van der Waals surface area contributed by atoms with E-state index in [9.17, 15) is 4.79 Å². The normalized spacial score (nSPS) is 10.9. The number of hydrogen-bond acceptors (Lipinski definition) is 5. The van der Waals surface area contributed by atoms with Crippen LogP contribution in [0.15, 0.2) is 65.5 Å². The van der Waals surface area contributed by atoms with E-state index < -0.39 is 0 Å². The van der Waals surface area contributed by atoms with Crippen molar-refractivity contribution < 1.29 is 4.74 Å². The third kappa shape index (κ3) is 3.44. The van der Waals surface area contributed by atoms with Crippen molar-refractivity contribution in [1.82, 2.24) is 9.97 Å². The zero-order chi connectivity index (χ0) is 18.8. The SMILES string of the molecule is COc1ccccc1N(C)Cc1nc2sc(-c3ccccc3)cc2c(=O)[nH]1. The number of fused-ring (bicyclic) bond motifs is 1. The molecule has 0 spiro atoms. The van der Waals surface area contributed by atoms with E-state index in [4.69, 9.17) is 4.74 Å². The van der Waals surface area contributed by atoms with E-state index >= 15 is 0 Å². The molecule has 27 heavy (non-hydrogen) atoms. The lowest BCUT2D eigenvalue weighted by Crippen LogP contribution is -2.21. The summed E-state index contributed by atoms with van der Waals surface area (Å²) in [5, 5.41) is 0.627. The monoisotopic (exact) mass is 377 g/mol. The summed E-state index contributed by atoms with van der Waals surface area (Å²) in [5.74, 6) is 1.41. The van der Waals surface area contributed by atoms with Crippen LogP contribution in [0.1, 0.15) is 5.82 Å². The molecule has 2 heterocycles. The van der Waals surface area contributed by atoms with Gasteiger partial charge in [-0.15, -0.1) is 11.3 Å². The molecule has 1 N–H and O–H groups in total. The van der Waals surface area contributed by atoms with Crippen molar-refractivity contribution in [3.05, 3.63) is 76.8 Å². The van der Waals surface area contributed by atoms with Crippen LogP contribution in [-0.4, -0.2) is 24.1 Å². The fraction of sp³-hybridized carbons (Fsp3) is 0.143. The summed E-state index contributed by atoms with van der Waals surface area (Å²) >= 11 is 1.53. The lowest BCUT2D eigenvalue weighted by atomic mass is 10.2. The molecule has 0 aliphatic heterocycles. The second kappa shape index (κ2) is 7.25. The lowest BCUT2D eigenvalue weighted by Gasteiger charge is -2.20. The second-order valence-corrected chi connectivity index (χ2v) is 7.27. The number of aromatic nitrogens is 2. The number of hydrogen-bond donors (Lipinski definition) is 1. The summed E-state index contributed by atoms with van der Waals surface area (Å²) < 4.78 is 5.42. The average molecular weight is 377 g/mol. The van der Waals surface area contributed by atoms with E-state index in [1.165, 1.54) is 11.3 Å². The Hall–Kier alpha value is -3.12. The maximum atomic E-state index is 12.6. The topological polar surface area (TPSA) is 58.2 Å².